The molecule has 0 aliphatic carbocycles. The zero-order chi connectivity index (χ0) is 17.8. The summed E-state index contributed by atoms with van der Waals surface area (Å²) >= 11 is 0. The van der Waals surface area contributed by atoms with E-state index >= 15 is 0 Å². The highest BCUT2D eigenvalue weighted by atomic mass is 19.4. The molecule has 0 saturated heterocycles. The molecule has 9 heteroatoms. The van der Waals surface area contributed by atoms with Crippen LogP contribution in [0.3, 0.4) is 0 Å². The molecule has 1 atom stereocenters. The van der Waals surface area contributed by atoms with Crippen LogP contribution in [0.1, 0.15) is 40.0 Å². The highest BCUT2D eigenvalue weighted by molar-refractivity contribution is 5.72. The summed E-state index contributed by atoms with van der Waals surface area (Å²) in [5, 5.41) is 0. The van der Waals surface area contributed by atoms with Crippen LogP contribution in [0.4, 0.5) is 30.7 Å². The molecule has 0 spiro atoms. The zero-order valence-corrected chi connectivity index (χ0v) is 12.4. The fraction of sp³-hybridized carbons (Fsp3) is 0.923. The lowest BCUT2D eigenvalue weighted by Gasteiger charge is -2.30. The smallest absolute Gasteiger partial charge is 0.459 e. The number of carbonyl (C=O) groups excluding carboxylic acids is 1. The van der Waals surface area contributed by atoms with Crippen LogP contribution in [-0.2, 0) is 9.53 Å². The van der Waals surface area contributed by atoms with E-state index in [1.54, 1.807) is 13.8 Å². The third kappa shape index (κ3) is 5.31. The number of halogens is 7. The molecule has 0 aliphatic rings. The molecule has 0 heterocycles. The van der Waals surface area contributed by atoms with Crippen molar-refractivity contribution in [3.05, 3.63) is 0 Å². The third-order valence-corrected chi connectivity index (χ3v) is 2.85. The maximum atomic E-state index is 13.4. The highest BCUT2D eigenvalue weighted by Crippen LogP contribution is 2.49. The van der Waals surface area contributed by atoms with Crippen LogP contribution in [0.15, 0.2) is 0 Å². The summed E-state index contributed by atoms with van der Waals surface area (Å²) < 4.78 is 93.3. The molecule has 0 rings (SSSR count). The molecule has 0 amide bonds. The van der Waals surface area contributed by atoms with Crippen LogP contribution >= 0.6 is 0 Å². The average Bonchev–Trinajstić information content (AvgIpc) is 2.33. The van der Waals surface area contributed by atoms with E-state index in [1.165, 1.54) is 6.92 Å². The van der Waals surface area contributed by atoms with Crippen LogP contribution < -0.4 is 0 Å². The summed E-state index contributed by atoms with van der Waals surface area (Å²) in [4.78, 5) is 11.6. The van der Waals surface area contributed by atoms with Crippen LogP contribution in [0, 0.1) is 11.8 Å². The Kier molecular flexibility index (Phi) is 7.15. The first-order valence-electron chi connectivity index (χ1n) is 6.75. The normalized spacial score (nSPS) is 15.0. The minimum Gasteiger partial charge on any atom is -0.465 e. The Labute approximate surface area is 124 Å². The second kappa shape index (κ2) is 7.50. The van der Waals surface area contributed by atoms with Crippen molar-refractivity contribution in [2.75, 3.05) is 6.61 Å². The van der Waals surface area contributed by atoms with Gasteiger partial charge in [0.2, 0.25) is 0 Å². The first-order chi connectivity index (χ1) is 9.76. The Hall–Kier alpha value is -1.02. The second-order valence-electron chi connectivity index (χ2n) is 5.49. The van der Waals surface area contributed by atoms with E-state index in [0.717, 1.165) is 0 Å². The van der Waals surface area contributed by atoms with Gasteiger partial charge in [-0.15, -0.1) is 0 Å². The Morgan fingerprint density at radius 2 is 1.55 bits per heavy atom. The van der Waals surface area contributed by atoms with Crippen molar-refractivity contribution in [3.8, 4) is 0 Å². The van der Waals surface area contributed by atoms with Gasteiger partial charge in [0.25, 0.3) is 0 Å². The minimum atomic E-state index is -6.39. The van der Waals surface area contributed by atoms with Crippen molar-refractivity contribution in [1.29, 1.82) is 0 Å². The topological polar surface area (TPSA) is 26.3 Å². The fourth-order valence-electron chi connectivity index (χ4n) is 1.66. The molecule has 0 aromatic carbocycles. The lowest BCUT2D eigenvalue weighted by molar-refractivity contribution is -0.357. The molecule has 0 saturated carbocycles. The first-order valence-corrected chi connectivity index (χ1v) is 6.75. The molecular formula is C13H19F7O2. The van der Waals surface area contributed by atoms with E-state index < -0.39 is 36.3 Å². The standard InChI is InChI=1S/C13H19F7O2/c1-4-5-9(10(21)22-7-8(2)3)6-11(14,15)12(16,17)13(18,19)20/h8-9H,4-7H2,1-3H3. The summed E-state index contributed by atoms with van der Waals surface area (Å²) in [5.41, 5.74) is 0. The molecule has 0 fully saturated rings. The van der Waals surface area contributed by atoms with Gasteiger partial charge in [-0.05, 0) is 12.3 Å². The third-order valence-electron chi connectivity index (χ3n) is 2.85. The Balaban J connectivity index is 5.11. The maximum absolute atomic E-state index is 13.4. The summed E-state index contributed by atoms with van der Waals surface area (Å²) in [7, 11) is 0. The SMILES string of the molecule is CCCC(CC(F)(F)C(F)(F)C(F)(F)F)C(=O)OCC(C)C. The molecule has 2 nitrogen and oxygen atoms in total. The largest absolute Gasteiger partial charge is 0.465 e. The molecule has 0 radical (unpaired) electrons. The van der Waals surface area contributed by atoms with Crippen molar-refractivity contribution >= 4 is 5.97 Å². The van der Waals surface area contributed by atoms with Gasteiger partial charge in [0.15, 0.2) is 0 Å². The van der Waals surface area contributed by atoms with E-state index in [1.807, 2.05) is 0 Å². The van der Waals surface area contributed by atoms with Crippen LogP contribution in [0.5, 0.6) is 0 Å². The van der Waals surface area contributed by atoms with E-state index in [4.69, 9.17) is 0 Å². The average molecular weight is 340 g/mol. The Morgan fingerprint density at radius 1 is 1.05 bits per heavy atom. The number of alkyl halides is 7. The number of carbonyl (C=O) groups is 1. The number of hydrogen-bond acceptors (Lipinski definition) is 2. The lowest BCUT2D eigenvalue weighted by atomic mass is 9.93. The molecule has 0 N–H and O–H groups in total. The van der Waals surface area contributed by atoms with Crippen molar-refractivity contribution in [1.82, 2.24) is 0 Å². The van der Waals surface area contributed by atoms with Gasteiger partial charge in [0.1, 0.15) is 0 Å². The van der Waals surface area contributed by atoms with Crippen molar-refractivity contribution < 1.29 is 40.3 Å². The van der Waals surface area contributed by atoms with Gasteiger partial charge in [-0.1, -0.05) is 27.2 Å². The quantitative estimate of drug-likeness (QED) is 0.467. The van der Waals surface area contributed by atoms with Gasteiger partial charge >= 0.3 is 24.0 Å². The monoisotopic (exact) mass is 340 g/mol. The van der Waals surface area contributed by atoms with Crippen LogP contribution in [0.2, 0.25) is 0 Å². The molecule has 0 aromatic heterocycles. The Morgan fingerprint density at radius 3 is 1.91 bits per heavy atom. The molecule has 1 unspecified atom stereocenters. The van der Waals surface area contributed by atoms with Crippen LogP contribution in [-0.4, -0.2) is 30.6 Å². The van der Waals surface area contributed by atoms with E-state index in [-0.39, 0.29) is 25.4 Å². The maximum Gasteiger partial charge on any atom is 0.459 e. The van der Waals surface area contributed by atoms with E-state index in [0.29, 0.717) is 0 Å². The summed E-state index contributed by atoms with van der Waals surface area (Å²) in [6, 6.07) is 0. The number of hydrogen-bond donors (Lipinski definition) is 0. The summed E-state index contributed by atoms with van der Waals surface area (Å²) in [5.74, 6) is -14.6. The predicted molar refractivity (Wildman–Crippen MR) is 64.8 cm³/mol. The van der Waals surface area contributed by atoms with E-state index in [2.05, 4.69) is 4.74 Å². The van der Waals surface area contributed by atoms with Gasteiger partial charge in [0.05, 0.1) is 12.5 Å². The van der Waals surface area contributed by atoms with Crippen molar-refractivity contribution in [2.24, 2.45) is 11.8 Å². The molecule has 0 bridgehead atoms. The number of ether oxygens (including phenoxy) is 1. The molecule has 22 heavy (non-hydrogen) atoms. The number of esters is 1. The molecule has 0 aliphatic heterocycles. The first kappa shape index (κ1) is 21.0. The molecule has 0 aromatic rings. The van der Waals surface area contributed by atoms with Crippen LogP contribution in [0.25, 0.3) is 0 Å². The van der Waals surface area contributed by atoms with Crippen molar-refractivity contribution in [3.63, 3.8) is 0 Å². The predicted octanol–water partition coefficient (Wildman–Crippen LogP) is 4.82. The molecular weight excluding hydrogens is 321 g/mol. The minimum absolute atomic E-state index is 0.122. The summed E-state index contributed by atoms with van der Waals surface area (Å²) in [6.45, 7) is 4.69. The van der Waals surface area contributed by atoms with Gasteiger partial charge in [-0.25, -0.2) is 0 Å². The molecule has 132 valence electrons. The number of rotatable bonds is 8. The fourth-order valence-corrected chi connectivity index (χ4v) is 1.66. The van der Waals surface area contributed by atoms with Gasteiger partial charge in [-0.2, -0.15) is 30.7 Å². The zero-order valence-electron chi connectivity index (χ0n) is 12.4. The van der Waals surface area contributed by atoms with E-state index in [9.17, 15) is 35.5 Å². The Bertz CT molecular complexity index is 364. The summed E-state index contributed by atoms with van der Waals surface area (Å²) in [6.07, 6.45) is -8.41. The van der Waals surface area contributed by atoms with Gasteiger partial charge in [-0.3, -0.25) is 4.79 Å². The van der Waals surface area contributed by atoms with Crippen molar-refractivity contribution in [2.45, 2.75) is 58.1 Å². The second-order valence-corrected chi connectivity index (χ2v) is 5.49. The highest BCUT2D eigenvalue weighted by Gasteiger charge is 2.73. The van der Waals surface area contributed by atoms with Gasteiger partial charge < -0.3 is 4.74 Å². The van der Waals surface area contributed by atoms with Gasteiger partial charge in [0, 0.05) is 6.42 Å². The lowest BCUT2D eigenvalue weighted by Crippen LogP contribution is -2.53.